The number of nitrogens with zero attached hydrogens (tertiary/aromatic N) is 3. The van der Waals surface area contributed by atoms with Gasteiger partial charge in [-0.3, -0.25) is 14.6 Å². The number of para-hydroxylation sites is 1. The number of nitrogens with one attached hydrogen (secondary N) is 1. The first-order chi connectivity index (χ1) is 19.2. The standard InChI is InChI=1S/C29H37N7O3S/c30-28(31)33-16-6-10-21(24(37)26-35-20-9-4-5-11-23(20)40-26)34-25(38)22-13-12-19-14-15-29(32,27(39)36(19)22)17-18-7-2-1-3-8-18/h1-5,7-9,11,19,21-22,24,37H,6,10,12-17,32H2,(H,34,38)(H4,30,31,33)/t19-,21+,22+,24+,29+/m1/s1. The quantitative estimate of drug-likeness (QED) is 0.142. The number of nitrogens with two attached hydrogens (primary N) is 3. The molecule has 3 aromatic rings. The van der Waals surface area contributed by atoms with Crippen LogP contribution >= 0.6 is 11.3 Å². The maximum Gasteiger partial charge on any atom is 0.243 e. The lowest BCUT2D eigenvalue weighted by Crippen LogP contribution is -2.65. The first-order valence-corrected chi connectivity index (χ1v) is 14.6. The zero-order chi connectivity index (χ0) is 28.3. The number of piperidine rings is 1. The van der Waals surface area contributed by atoms with E-state index >= 15 is 0 Å². The van der Waals surface area contributed by atoms with Gasteiger partial charge in [0, 0.05) is 12.6 Å². The van der Waals surface area contributed by atoms with E-state index in [0.717, 1.165) is 28.6 Å². The molecule has 0 bridgehead atoms. The van der Waals surface area contributed by atoms with Crippen LogP contribution < -0.4 is 22.5 Å². The van der Waals surface area contributed by atoms with Crippen molar-refractivity contribution in [3.63, 3.8) is 0 Å². The van der Waals surface area contributed by atoms with Gasteiger partial charge in [0.15, 0.2) is 5.96 Å². The van der Waals surface area contributed by atoms with E-state index in [1.165, 1.54) is 11.3 Å². The molecule has 0 radical (unpaired) electrons. The highest BCUT2D eigenvalue weighted by molar-refractivity contribution is 7.18. The molecule has 0 spiro atoms. The van der Waals surface area contributed by atoms with E-state index in [0.29, 0.717) is 43.7 Å². The zero-order valence-electron chi connectivity index (χ0n) is 22.4. The van der Waals surface area contributed by atoms with E-state index in [4.69, 9.17) is 17.2 Å². The number of aromatic nitrogens is 1. The summed E-state index contributed by atoms with van der Waals surface area (Å²) in [4.78, 5) is 37.9. The van der Waals surface area contributed by atoms with E-state index < -0.39 is 23.7 Å². The van der Waals surface area contributed by atoms with E-state index in [1.54, 1.807) is 4.90 Å². The lowest BCUT2D eigenvalue weighted by atomic mass is 9.81. The summed E-state index contributed by atoms with van der Waals surface area (Å²) in [5, 5.41) is 14.9. The van der Waals surface area contributed by atoms with E-state index in [2.05, 4.69) is 15.3 Å². The Morgan fingerprint density at radius 3 is 2.65 bits per heavy atom. The summed E-state index contributed by atoms with van der Waals surface area (Å²) < 4.78 is 0.956. The van der Waals surface area contributed by atoms with Crippen molar-refractivity contribution in [3.05, 3.63) is 65.2 Å². The van der Waals surface area contributed by atoms with E-state index in [1.807, 2.05) is 54.6 Å². The Hall–Kier alpha value is -3.54. The number of carbonyl (C=O) groups is 2. The molecule has 0 unspecified atom stereocenters. The number of guanidine groups is 1. The van der Waals surface area contributed by atoms with Crippen LogP contribution in [-0.2, 0) is 16.0 Å². The predicted octanol–water partition coefficient (Wildman–Crippen LogP) is 1.96. The van der Waals surface area contributed by atoms with Gasteiger partial charge in [0.25, 0.3) is 0 Å². The topological polar surface area (TPSA) is 173 Å². The molecule has 2 aromatic carbocycles. The van der Waals surface area contributed by atoms with Gasteiger partial charge in [-0.05, 0) is 62.6 Å². The van der Waals surface area contributed by atoms with Crippen LogP contribution in [0.4, 0.5) is 0 Å². The third kappa shape index (κ3) is 5.96. The summed E-state index contributed by atoms with van der Waals surface area (Å²) in [6.45, 7) is 0.368. The summed E-state index contributed by atoms with van der Waals surface area (Å²) in [6, 6.07) is 16.1. The minimum absolute atomic E-state index is 0.00585. The number of aliphatic hydroxyl groups excluding tert-OH is 1. The number of amides is 2. The van der Waals surface area contributed by atoms with Crippen LogP contribution in [0.25, 0.3) is 10.2 Å². The van der Waals surface area contributed by atoms with Crippen molar-refractivity contribution in [2.75, 3.05) is 6.54 Å². The zero-order valence-corrected chi connectivity index (χ0v) is 23.2. The first-order valence-electron chi connectivity index (χ1n) is 13.8. The van der Waals surface area contributed by atoms with Crippen LogP contribution in [0.3, 0.4) is 0 Å². The summed E-state index contributed by atoms with van der Waals surface area (Å²) in [6.07, 6.45) is 3.02. The summed E-state index contributed by atoms with van der Waals surface area (Å²) in [7, 11) is 0. The molecule has 0 saturated carbocycles. The molecule has 2 saturated heterocycles. The third-order valence-electron chi connectivity index (χ3n) is 7.99. The second-order valence-corrected chi connectivity index (χ2v) is 11.9. The van der Waals surface area contributed by atoms with Gasteiger partial charge >= 0.3 is 0 Å². The highest BCUT2D eigenvalue weighted by Gasteiger charge is 2.51. The molecule has 2 fully saturated rings. The molecule has 10 nitrogen and oxygen atoms in total. The molecule has 0 aliphatic carbocycles. The summed E-state index contributed by atoms with van der Waals surface area (Å²) in [5.74, 6) is -0.471. The van der Waals surface area contributed by atoms with Crippen LogP contribution in [0.5, 0.6) is 0 Å². The van der Waals surface area contributed by atoms with Gasteiger partial charge in [-0.2, -0.15) is 0 Å². The molecular weight excluding hydrogens is 526 g/mol. The van der Waals surface area contributed by atoms with Crippen LogP contribution in [-0.4, -0.2) is 63.0 Å². The molecule has 2 aliphatic rings. The molecule has 5 rings (SSSR count). The normalized spacial score (nSPS) is 23.9. The number of aliphatic imine (C=N–C) groups is 1. The summed E-state index contributed by atoms with van der Waals surface area (Å²) in [5.41, 5.74) is 18.4. The lowest BCUT2D eigenvalue weighted by molar-refractivity contribution is -0.148. The highest BCUT2D eigenvalue weighted by Crippen LogP contribution is 2.37. The van der Waals surface area contributed by atoms with Crippen molar-refractivity contribution < 1.29 is 14.7 Å². The SMILES string of the molecule is NC(N)=NCCC[C@H](NC(=O)[C@@H]1CC[C@@H]2CC[C@](N)(Cc3ccccc3)C(=O)N21)[C@H](O)c1nc2ccccc2s1. The average molecular weight is 564 g/mol. The molecule has 40 heavy (non-hydrogen) atoms. The first kappa shape index (κ1) is 28.0. The van der Waals surface area contributed by atoms with Gasteiger partial charge in [0.1, 0.15) is 17.2 Å². The van der Waals surface area contributed by atoms with Crippen molar-refractivity contribution in [2.24, 2.45) is 22.2 Å². The number of benzene rings is 2. The van der Waals surface area contributed by atoms with Crippen molar-refractivity contribution in [2.45, 2.75) is 74.7 Å². The minimum Gasteiger partial charge on any atom is -0.384 e. The van der Waals surface area contributed by atoms with E-state index in [9.17, 15) is 14.7 Å². The van der Waals surface area contributed by atoms with Crippen molar-refractivity contribution in [3.8, 4) is 0 Å². The molecule has 3 heterocycles. The summed E-state index contributed by atoms with van der Waals surface area (Å²) >= 11 is 1.40. The van der Waals surface area contributed by atoms with Crippen LogP contribution in [0.1, 0.15) is 55.2 Å². The Bertz CT molecular complexity index is 1340. The molecule has 5 atom stereocenters. The smallest absolute Gasteiger partial charge is 0.243 e. The predicted molar refractivity (Wildman–Crippen MR) is 156 cm³/mol. The molecule has 11 heteroatoms. The molecule has 1 aromatic heterocycles. The molecular formula is C29H37N7O3S. The minimum atomic E-state index is -1.05. The number of rotatable bonds is 10. The third-order valence-corrected chi connectivity index (χ3v) is 9.10. The maximum absolute atomic E-state index is 13.8. The van der Waals surface area contributed by atoms with Gasteiger partial charge < -0.3 is 32.5 Å². The van der Waals surface area contributed by atoms with Gasteiger partial charge in [-0.25, -0.2) is 4.98 Å². The second-order valence-electron chi connectivity index (χ2n) is 10.8. The molecule has 212 valence electrons. The fourth-order valence-corrected chi connectivity index (χ4v) is 6.96. The highest BCUT2D eigenvalue weighted by atomic mass is 32.1. The Morgan fingerprint density at radius 2 is 1.90 bits per heavy atom. The van der Waals surface area contributed by atoms with Gasteiger partial charge in [0.2, 0.25) is 11.8 Å². The van der Waals surface area contributed by atoms with Crippen molar-refractivity contribution in [1.29, 1.82) is 0 Å². The number of thiazole rings is 1. The Labute approximate surface area is 237 Å². The van der Waals surface area contributed by atoms with Gasteiger partial charge in [-0.15, -0.1) is 11.3 Å². The lowest BCUT2D eigenvalue weighted by Gasteiger charge is -2.43. The molecule has 2 amide bonds. The number of aliphatic hydroxyl groups is 1. The number of hydrogen-bond acceptors (Lipinski definition) is 7. The largest absolute Gasteiger partial charge is 0.384 e. The number of carbonyl (C=O) groups excluding carboxylic acids is 2. The van der Waals surface area contributed by atoms with Crippen molar-refractivity contribution >= 4 is 39.3 Å². The van der Waals surface area contributed by atoms with Crippen LogP contribution in [0.2, 0.25) is 0 Å². The number of hydrogen-bond donors (Lipinski definition) is 5. The van der Waals surface area contributed by atoms with E-state index in [-0.39, 0.29) is 23.8 Å². The van der Waals surface area contributed by atoms with Crippen LogP contribution in [0, 0.1) is 0 Å². The molecule has 8 N–H and O–H groups in total. The monoisotopic (exact) mass is 563 g/mol. The average Bonchev–Trinajstić information content (AvgIpc) is 3.57. The fraction of sp³-hybridized carbons (Fsp3) is 0.448. The molecule has 2 aliphatic heterocycles. The second kappa shape index (κ2) is 11.9. The maximum atomic E-state index is 13.8. The fourth-order valence-electron chi connectivity index (χ4n) is 5.94. The van der Waals surface area contributed by atoms with Gasteiger partial charge in [0.05, 0.1) is 21.8 Å². The van der Waals surface area contributed by atoms with Crippen LogP contribution in [0.15, 0.2) is 59.6 Å². The Morgan fingerprint density at radius 1 is 1.15 bits per heavy atom. The van der Waals surface area contributed by atoms with Crippen molar-refractivity contribution in [1.82, 2.24) is 15.2 Å². The number of fused-ring (bicyclic) bond motifs is 2. The Kier molecular flexibility index (Phi) is 8.34. The Balaban J connectivity index is 1.33. The van der Waals surface area contributed by atoms with Gasteiger partial charge in [-0.1, -0.05) is 42.5 Å².